The van der Waals surface area contributed by atoms with E-state index in [9.17, 15) is 0 Å². The molecule has 130 valence electrons. The first-order valence-electron chi connectivity index (χ1n) is 8.92. The Morgan fingerprint density at radius 1 is 1.08 bits per heavy atom. The lowest BCUT2D eigenvalue weighted by Crippen LogP contribution is -2.15. The van der Waals surface area contributed by atoms with E-state index in [0.29, 0.717) is 13.2 Å². The summed E-state index contributed by atoms with van der Waals surface area (Å²) in [5.41, 5.74) is 9.78. The maximum atomic E-state index is 5.98. The highest BCUT2D eigenvalue weighted by atomic mass is 16.6. The Hall–Kier alpha value is -2.69. The van der Waals surface area contributed by atoms with Gasteiger partial charge >= 0.3 is 0 Å². The number of benzene rings is 2. The van der Waals surface area contributed by atoms with Gasteiger partial charge in [-0.1, -0.05) is 31.9 Å². The van der Waals surface area contributed by atoms with Crippen LogP contribution >= 0.6 is 0 Å². The van der Waals surface area contributed by atoms with Crippen LogP contribution in [0.1, 0.15) is 26.2 Å². The van der Waals surface area contributed by atoms with E-state index < -0.39 is 0 Å². The molecular weight excluding hydrogens is 314 g/mol. The summed E-state index contributed by atoms with van der Waals surface area (Å²) in [6.45, 7) is 4.31. The zero-order chi connectivity index (χ0) is 17.2. The largest absolute Gasteiger partial charge is 0.486 e. The van der Waals surface area contributed by atoms with Gasteiger partial charge in [0.05, 0.1) is 11.0 Å². The highest BCUT2D eigenvalue weighted by molar-refractivity contribution is 5.84. The van der Waals surface area contributed by atoms with Gasteiger partial charge in [0.25, 0.3) is 0 Å². The van der Waals surface area contributed by atoms with Crippen LogP contribution < -0.4 is 15.2 Å². The van der Waals surface area contributed by atoms with Crippen LogP contribution in [0.3, 0.4) is 0 Å². The number of hydrogen-bond acceptors (Lipinski definition) is 4. The Kier molecular flexibility index (Phi) is 4.22. The number of hydrogen-bond donors (Lipinski definition) is 1. The van der Waals surface area contributed by atoms with Crippen LogP contribution in [-0.2, 0) is 6.54 Å². The maximum absolute atomic E-state index is 5.98. The molecule has 0 bridgehead atoms. The molecule has 0 atom stereocenters. The van der Waals surface area contributed by atoms with Crippen molar-refractivity contribution in [3.63, 3.8) is 0 Å². The molecule has 2 heterocycles. The second kappa shape index (κ2) is 6.67. The van der Waals surface area contributed by atoms with Gasteiger partial charge in [-0.25, -0.2) is 4.98 Å². The van der Waals surface area contributed by atoms with Gasteiger partial charge in [0.15, 0.2) is 11.5 Å². The Morgan fingerprint density at radius 3 is 2.64 bits per heavy atom. The van der Waals surface area contributed by atoms with Gasteiger partial charge in [-0.3, -0.25) is 0 Å². The number of fused-ring (bicyclic) bond motifs is 2. The first-order valence-corrected chi connectivity index (χ1v) is 8.92. The molecule has 5 nitrogen and oxygen atoms in total. The number of aromatic nitrogens is 2. The summed E-state index contributed by atoms with van der Waals surface area (Å²) < 4.78 is 13.7. The lowest BCUT2D eigenvalue weighted by molar-refractivity contribution is 0.172. The second-order valence-corrected chi connectivity index (χ2v) is 6.40. The molecule has 1 aliphatic heterocycles. The minimum Gasteiger partial charge on any atom is -0.486 e. The van der Waals surface area contributed by atoms with E-state index >= 15 is 0 Å². The Morgan fingerprint density at radius 2 is 1.88 bits per heavy atom. The predicted octanol–water partition coefficient (Wildman–Crippen LogP) is 4.25. The molecule has 0 aliphatic carbocycles. The highest BCUT2D eigenvalue weighted by Crippen LogP contribution is 2.36. The minimum absolute atomic E-state index is 0.581. The SMILES string of the molecule is CCCCCn1c(-c2cccc(N)c2)nc2cc3c(cc21)OCCO3. The molecule has 0 fully saturated rings. The molecule has 4 rings (SSSR count). The Balaban J connectivity index is 1.86. The van der Waals surface area contributed by atoms with Crippen molar-refractivity contribution in [3.8, 4) is 22.9 Å². The maximum Gasteiger partial charge on any atom is 0.163 e. The second-order valence-electron chi connectivity index (χ2n) is 6.40. The van der Waals surface area contributed by atoms with Crippen LogP contribution in [0.2, 0.25) is 0 Å². The number of anilines is 1. The third-order valence-electron chi connectivity index (χ3n) is 4.54. The lowest BCUT2D eigenvalue weighted by Gasteiger charge is -2.18. The van der Waals surface area contributed by atoms with Crippen LogP contribution in [0.15, 0.2) is 36.4 Å². The fraction of sp³-hybridized carbons (Fsp3) is 0.350. The van der Waals surface area contributed by atoms with Crippen LogP contribution in [-0.4, -0.2) is 22.8 Å². The molecule has 2 N–H and O–H groups in total. The van der Waals surface area contributed by atoms with Crippen molar-refractivity contribution < 1.29 is 9.47 Å². The van der Waals surface area contributed by atoms with Crippen LogP contribution in [0.25, 0.3) is 22.4 Å². The van der Waals surface area contributed by atoms with E-state index in [1.54, 1.807) is 0 Å². The summed E-state index contributed by atoms with van der Waals surface area (Å²) in [7, 11) is 0. The van der Waals surface area contributed by atoms with Gasteiger partial charge in [-0.05, 0) is 18.6 Å². The van der Waals surface area contributed by atoms with Gasteiger partial charge in [0.1, 0.15) is 19.0 Å². The molecule has 0 unspecified atom stereocenters. The van der Waals surface area contributed by atoms with Gasteiger partial charge < -0.3 is 19.8 Å². The predicted molar refractivity (Wildman–Crippen MR) is 100 cm³/mol. The van der Waals surface area contributed by atoms with Crippen molar-refractivity contribution >= 4 is 16.7 Å². The summed E-state index contributed by atoms with van der Waals surface area (Å²) in [4.78, 5) is 4.88. The van der Waals surface area contributed by atoms with Crippen molar-refractivity contribution in [2.24, 2.45) is 0 Å². The fourth-order valence-corrected chi connectivity index (χ4v) is 3.31. The monoisotopic (exact) mass is 337 g/mol. The summed E-state index contributed by atoms with van der Waals surface area (Å²) in [5.74, 6) is 2.52. The first-order chi connectivity index (χ1) is 12.3. The molecule has 0 spiro atoms. The number of nitrogen functional groups attached to an aromatic ring is 1. The van der Waals surface area contributed by atoms with E-state index in [2.05, 4.69) is 23.6 Å². The lowest BCUT2D eigenvalue weighted by atomic mass is 10.2. The highest BCUT2D eigenvalue weighted by Gasteiger charge is 2.18. The summed E-state index contributed by atoms with van der Waals surface area (Å²) in [6.07, 6.45) is 3.50. The normalized spacial score (nSPS) is 13.3. The number of aryl methyl sites for hydroxylation is 1. The third-order valence-corrected chi connectivity index (χ3v) is 4.54. The summed E-state index contributed by atoms with van der Waals surface area (Å²) in [5, 5.41) is 0. The van der Waals surface area contributed by atoms with E-state index in [4.69, 9.17) is 20.2 Å². The zero-order valence-electron chi connectivity index (χ0n) is 14.5. The number of unbranched alkanes of at least 4 members (excludes halogenated alkanes) is 2. The summed E-state index contributed by atoms with van der Waals surface area (Å²) >= 11 is 0. The molecule has 25 heavy (non-hydrogen) atoms. The van der Waals surface area contributed by atoms with Crippen molar-refractivity contribution in [1.29, 1.82) is 0 Å². The van der Waals surface area contributed by atoms with Gasteiger partial charge in [0, 0.05) is 29.9 Å². The average Bonchev–Trinajstić information content (AvgIpc) is 2.98. The number of ether oxygens (including phenoxy) is 2. The van der Waals surface area contributed by atoms with Crippen LogP contribution in [0.4, 0.5) is 5.69 Å². The van der Waals surface area contributed by atoms with E-state index in [-0.39, 0.29) is 0 Å². The average molecular weight is 337 g/mol. The molecule has 5 heteroatoms. The smallest absolute Gasteiger partial charge is 0.163 e. The van der Waals surface area contributed by atoms with Crippen molar-refractivity contribution in [1.82, 2.24) is 9.55 Å². The van der Waals surface area contributed by atoms with Crippen molar-refractivity contribution in [2.45, 2.75) is 32.7 Å². The fourth-order valence-electron chi connectivity index (χ4n) is 3.31. The number of nitrogens with two attached hydrogens (primary N) is 1. The first kappa shape index (κ1) is 15.8. The van der Waals surface area contributed by atoms with Crippen LogP contribution in [0.5, 0.6) is 11.5 Å². The molecule has 0 amide bonds. The third kappa shape index (κ3) is 3.02. The number of nitrogens with zero attached hydrogens (tertiary/aromatic N) is 2. The molecule has 1 aromatic heterocycles. The zero-order valence-corrected chi connectivity index (χ0v) is 14.5. The van der Waals surface area contributed by atoms with Crippen molar-refractivity contribution in [2.75, 3.05) is 18.9 Å². The van der Waals surface area contributed by atoms with Crippen LogP contribution in [0, 0.1) is 0 Å². The van der Waals surface area contributed by atoms with Crippen molar-refractivity contribution in [3.05, 3.63) is 36.4 Å². The molecule has 3 aromatic rings. The number of rotatable bonds is 5. The van der Waals surface area contributed by atoms with Gasteiger partial charge in [0.2, 0.25) is 0 Å². The topological polar surface area (TPSA) is 62.3 Å². The molecule has 0 radical (unpaired) electrons. The molecule has 1 aliphatic rings. The Bertz CT molecular complexity index is 901. The van der Waals surface area contributed by atoms with E-state index in [1.165, 1.54) is 12.8 Å². The summed E-state index contributed by atoms with van der Waals surface area (Å²) in [6, 6.07) is 11.9. The molecular formula is C20H23N3O2. The standard InChI is InChI=1S/C20H23N3O2/c1-2-3-4-8-23-17-13-19-18(24-9-10-25-19)12-16(17)22-20(23)14-6-5-7-15(21)11-14/h5-7,11-13H,2-4,8-10,21H2,1H3. The quantitative estimate of drug-likeness (QED) is 0.558. The van der Waals surface area contributed by atoms with E-state index in [1.807, 2.05) is 24.3 Å². The molecule has 2 aromatic carbocycles. The molecule has 0 saturated heterocycles. The Labute approximate surface area is 147 Å². The van der Waals surface area contributed by atoms with E-state index in [0.717, 1.165) is 52.6 Å². The van der Waals surface area contributed by atoms with Gasteiger partial charge in [-0.2, -0.15) is 0 Å². The van der Waals surface area contributed by atoms with Gasteiger partial charge in [-0.15, -0.1) is 0 Å². The number of imidazole rings is 1. The minimum atomic E-state index is 0.581. The molecule has 0 saturated carbocycles.